The van der Waals surface area contributed by atoms with Crippen molar-refractivity contribution in [2.45, 2.75) is 6.42 Å². The van der Waals surface area contributed by atoms with E-state index in [0.29, 0.717) is 16.9 Å². The van der Waals surface area contributed by atoms with Crippen molar-refractivity contribution in [1.29, 1.82) is 0 Å². The van der Waals surface area contributed by atoms with E-state index in [1.54, 1.807) is 30.3 Å². The zero-order chi connectivity index (χ0) is 18.9. The largest absolute Gasteiger partial charge is 0.484 e. The topological polar surface area (TPSA) is 137 Å². The maximum absolute atomic E-state index is 11.9. The Morgan fingerprint density at radius 3 is 2.54 bits per heavy atom. The van der Waals surface area contributed by atoms with Crippen LogP contribution in [0.4, 0.5) is 5.69 Å². The molecule has 0 aromatic heterocycles. The number of hydrogen-bond acceptors (Lipinski definition) is 6. The lowest BCUT2D eigenvalue weighted by atomic mass is 10.1. The molecule has 2 rings (SSSR count). The fraction of sp³-hybridized carbons (Fsp3) is 0.118. The summed E-state index contributed by atoms with van der Waals surface area (Å²) in [5.41, 5.74) is 8.18. The summed E-state index contributed by atoms with van der Waals surface area (Å²) in [6, 6.07) is 12.6. The molecule has 2 aromatic carbocycles. The van der Waals surface area contributed by atoms with Gasteiger partial charge in [-0.3, -0.25) is 19.7 Å². The molecule has 0 atom stereocenters. The van der Waals surface area contributed by atoms with Gasteiger partial charge in [0.1, 0.15) is 5.75 Å². The van der Waals surface area contributed by atoms with Gasteiger partial charge in [-0.15, -0.1) is 0 Å². The molecule has 0 unspecified atom stereocenters. The Labute approximate surface area is 148 Å². The van der Waals surface area contributed by atoms with Crippen LogP contribution in [0.1, 0.15) is 11.1 Å². The number of carbonyl (C=O) groups excluding carboxylic acids is 2. The van der Waals surface area contributed by atoms with Crippen molar-refractivity contribution in [3.63, 3.8) is 0 Å². The van der Waals surface area contributed by atoms with Crippen molar-refractivity contribution in [3.05, 3.63) is 69.8 Å². The van der Waals surface area contributed by atoms with Gasteiger partial charge in [0.25, 0.3) is 11.6 Å². The molecular formula is C17H16N4O5. The fourth-order valence-electron chi connectivity index (χ4n) is 2.03. The van der Waals surface area contributed by atoms with E-state index in [4.69, 9.17) is 10.5 Å². The highest BCUT2D eigenvalue weighted by molar-refractivity contribution is 5.83. The quantitative estimate of drug-likeness (QED) is 0.415. The number of hydrazone groups is 1. The molecule has 26 heavy (non-hydrogen) atoms. The Balaban J connectivity index is 1.89. The summed E-state index contributed by atoms with van der Waals surface area (Å²) in [7, 11) is 0. The predicted molar refractivity (Wildman–Crippen MR) is 93.7 cm³/mol. The average Bonchev–Trinajstić information content (AvgIpc) is 2.61. The first-order chi connectivity index (χ1) is 12.5. The second-order valence-corrected chi connectivity index (χ2v) is 5.18. The number of nitrogens with one attached hydrogen (secondary N) is 1. The van der Waals surface area contributed by atoms with E-state index in [-0.39, 0.29) is 18.7 Å². The molecule has 0 fully saturated rings. The monoisotopic (exact) mass is 356 g/mol. The lowest BCUT2D eigenvalue weighted by Crippen LogP contribution is -2.20. The van der Waals surface area contributed by atoms with Crippen LogP contribution in [0.5, 0.6) is 5.75 Å². The fourth-order valence-corrected chi connectivity index (χ4v) is 2.03. The van der Waals surface area contributed by atoms with Crippen LogP contribution >= 0.6 is 0 Å². The maximum Gasteiger partial charge on any atom is 0.273 e. The minimum atomic E-state index is -0.572. The van der Waals surface area contributed by atoms with Gasteiger partial charge < -0.3 is 10.5 Å². The second-order valence-electron chi connectivity index (χ2n) is 5.18. The van der Waals surface area contributed by atoms with Crippen LogP contribution in [0.25, 0.3) is 0 Å². The molecule has 0 spiro atoms. The summed E-state index contributed by atoms with van der Waals surface area (Å²) >= 11 is 0. The number of rotatable bonds is 8. The van der Waals surface area contributed by atoms with Crippen LogP contribution in [0, 0.1) is 10.1 Å². The Kier molecular flexibility index (Phi) is 6.38. The Morgan fingerprint density at radius 2 is 1.88 bits per heavy atom. The number of nitrogens with zero attached hydrogens (tertiary/aromatic N) is 2. The molecule has 0 aliphatic heterocycles. The molecule has 0 aliphatic carbocycles. The van der Waals surface area contributed by atoms with Gasteiger partial charge in [0.05, 0.1) is 17.6 Å². The minimum Gasteiger partial charge on any atom is -0.484 e. The number of benzene rings is 2. The molecule has 0 heterocycles. The second kappa shape index (κ2) is 8.92. The Bertz CT molecular complexity index is 833. The van der Waals surface area contributed by atoms with Gasteiger partial charge in [0, 0.05) is 11.6 Å². The van der Waals surface area contributed by atoms with E-state index < -0.39 is 16.7 Å². The zero-order valence-electron chi connectivity index (χ0n) is 13.6. The van der Waals surface area contributed by atoms with E-state index in [1.807, 2.05) is 0 Å². The lowest BCUT2D eigenvalue weighted by Gasteiger charge is -2.03. The average molecular weight is 356 g/mol. The summed E-state index contributed by atoms with van der Waals surface area (Å²) in [6.45, 7) is -0.213. The smallest absolute Gasteiger partial charge is 0.273 e. The maximum atomic E-state index is 11.9. The van der Waals surface area contributed by atoms with Gasteiger partial charge in [-0.05, 0) is 29.8 Å². The molecule has 3 N–H and O–H groups in total. The molecule has 0 aliphatic rings. The van der Waals surface area contributed by atoms with Crippen LogP contribution in [0.15, 0.2) is 53.6 Å². The Morgan fingerprint density at radius 1 is 1.19 bits per heavy atom. The van der Waals surface area contributed by atoms with Crippen molar-refractivity contribution >= 4 is 23.7 Å². The van der Waals surface area contributed by atoms with Gasteiger partial charge in [-0.1, -0.05) is 18.2 Å². The van der Waals surface area contributed by atoms with Crippen molar-refractivity contribution < 1.29 is 19.2 Å². The number of ether oxygens (including phenoxy) is 1. The molecule has 2 amide bonds. The van der Waals surface area contributed by atoms with Gasteiger partial charge in [-0.2, -0.15) is 5.10 Å². The third kappa shape index (κ3) is 5.71. The molecule has 9 nitrogen and oxygen atoms in total. The predicted octanol–water partition coefficient (Wildman–Crippen LogP) is 1.15. The molecule has 134 valence electrons. The van der Waals surface area contributed by atoms with E-state index >= 15 is 0 Å². The highest BCUT2D eigenvalue weighted by Crippen LogP contribution is 2.17. The molecule has 0 radical (unpaired) electrons. The molecular weight excluding hydrogens is 340 g/mol. The highest BCUT2D eigenvalue weighted by Gasteiger charge is 2.14. The van der Waals surface area contributed by atoms with E-state index in [1.165, 1.54) is 24.4 Å². The third-order valence-corrected chi connectivity index (χ3v) is 3.20. The molecule has 0 bridgehead atoms. The van der Waals surface area contributed by atoms with Gasteiger partial charge in [0.2, 0.25) is 5.91 Å². The normalized spacial score (nSPS) is 10.5. The minimum absolute atomic E-state index is 0.113. The number of hydrogen-bond donors (Lipinski definition) is 2. The summed E-state index contributed by atoms with van der Waals surface area (Å²) in [4.78, 5) is 32.9. The molecule has 9 heteroatoms. The van der Waals surface area contributed by atoms with Gasteiger partial charge in [0.15, 0.2) is 6.61 Å². The first kappa shape index (κ1) is 18.6. The lowest BCUT2D eigenvalue weighted by molar-refractivity contribution is -0.385. The standard InChI is InChI=1S/C17H16N4O5/c18-16(22)11-26-14-7-5-12(6-8-14)10-19-20-17(23)9-13-3-1-2-4-15(13)21(24)25/h1-8,10H,9,11H2,(H2,18,22)(H,20,23). The molecule has 0 saturated heterocycles. The summed E-state index contributed by atoms with van der Waals surface area (Å²) in [5.74, 6) is -0.574. The van der Waals surface area contributed by atoms with E-state index in [0.717, 1.165) is 0 Å². The van der Waals surface area contributed by atoms with Gasteiger partial charge in [-0.25, -0.2) is 5.43 Å². The number of amides is 2. The number of nitrogens with two attached hydrogens (primary N) is 1. The van der Waals surface area contributed by atoms with Crippen LogP contribution in [-0.4, -0.2) is 29.6 Å². The van der Waals surface area contributed by atoms with Gasteiger partial charge >= 0.3 is 0 Å². The van der Waals surface area contributed by atoms with E-state index in [2.05, 4.69) is 10.5 Å². The number of carbonyl (C=O) groups is 2. The SMILES string of the molecule is NC(=O)COc1ccc(C=NNC(=O)Cc2ccccc2[N+](=O)[O-])cc1. The third-order valence-electron chi connectivity index (χ3n) is 3.20. The summed E-state index contributed by atoms with van der Waals surface area (Å²) in [5, 5.41) is 14.7. The number of para-hydroxylation sites is 1. The number of nitro groups is 1. The van der Waals surface area contributed by atoms with Crippen LogP contribution in [0.3, 0.4) is 0 Å². The Hall–Kier alpha value is -3.75. The zero-order valence-corrected chi connectivity index (χ0v) is 13.6. The van der Waals surface area contributed by atoms with Crippen molar-refractivity contribution in [3.8, 4) is 5.75 Å². The van der Waals surface area contributed by atoms with Crippen molar-refractivity contribution in [1.82, 2.24) is 5.43 Å². The first-order valence-corrected chi connectivity index (χ1v) is 7.51. The highest BCUT2D eigenvalue weighted by atomic mass is 16.6. The summed E-state index contributed by atoms with van der Waals surface area (Å²) in [6.07, 6.45) is 1.25. The van der Waals surface area contributed by atoms with Crippen LogP contribution in [0.2, 0.25) is 0 Å². The molecule has 0 saturated carbocycles. The molecule has 2 aromatic rings. The van der Waals surface area contributed by atoms with Crippen molar-refractivity contribution in [2.75, 3.05) is 6.61 Å². The first-order valence-electron chi connectivity index (χ1n) is 7.51. The van der Waals surface area contributed by atoms with E-state index in [9.17, 15) is 19.7 Å². The number of nitro benzene ring substituents is 1. The van der Waals surface area contributed by atoms with Crippen LogP contribution < -0.4 is 15.9 Å². The summed E-state index contributed by atoms with van der Waals surface area (Å²) < 4.78 is 5.12. The van der Waals surface area contributed by atoms with Crippen LogP contribution in [-0.2, 0) is 16.0 Å². The number of primary amides is 1. The van der Waals surface area contributed by atoms with Crippen molar-refractivity contribution in [2.24, 2.45) is 10.8 Å².